The summed E-state index contributed by atoms with van der Waals surface area (Å²) in [6.45, 7) is 3.26. The summed E-state index contributed by atoms with van der Waals surface area (Å²) in [7, 11) is 1.72. The minimum Gasteiger partial charge on any atom is -0.449 e. The van der Waals surface area contributed by atoms with Crippen LogP contribution in [0.1, 0.15) is 23.0 Å². The van der Waals surface area contributed by atoms with Gasteiger partial charge in [0, 0.05) is 23.5 Å². The molecule has 0 spiro atoms. The van der Waals surface area contributed by atoms with Crippen molar-refractivity contribution in [3.63, 3.8) is 0 Å². The zero-order valence-electron chi connectivity index (χ0n) is 12.5. The molecule has 2 aromatic rings. The molecule has 1 N–H and O–H groups in total. The Bertz CT molecular complexity index is 695. The van der Waals surface area contributed by atoms with Crippen molar-refractivity contribution < 1.29 is 14.3 Å². The van der Waals surface area contributed by atoms with Gasteiger partial charge in [-0.3, -0.25) is 9.48 Å². The highest BCUT2D eigenvalue weighted by Crippen LogP contribution is 2.14. The molecule has 2 rings (SSSR count). The van der Waals surface area contributed by atoms with Gasteiger partial charge in [0.05, 0.1) is 6.20 Å². The van der Waals surface area contributed by atoms with Crippen LogP contribution in [0.4, 0.5) is 5.69 Å². The Morgan fingerprint density at radius 3 is 2.50 bits per heavy atom. The van der Waals surface area contributed by atoms with Gasteiger partial charge in [0.2, 0.25) is 0 Å². The molecule has 0 saturated heterocycles. The van der Waals surface area contributed by atoms with E-state index in [1.165, 1.54) is 13.1 Å². The van der Waals surface area contributed by atoms with E-state index in [1.807, 2.05) is 0 Å². The van der Waals surface area contributed by atoms with Crippen LogP contribution in [-0.2, 0) is 16.6 Å². The maximum atomic E-state index is 12.0. The molecule has 0 aliphatic rings. The lowest BCUT2D eigenvalue weighted by molar-refractivity contribution is -0.123. The Labute approximate surface area is 133 Å². The highest BCUT2D eigenvalue weighted by molar-refractivity contribution is 6.30. The van der Waals surface area contributed by atoms with E-state index in [0.717, 1.165) is 0 Å². The van der Waals surface area contributed by atoms with Crippen molar-refractivity contribution in [2.24, 2.45) is 7.05 Å². The van der Waals surface area contributed by atoms with Crippen molar-refractivity contribution in [2.45, 2.75) is 20.0 Å². The fourth-order valence-corrected chi connectivity index (χ4v) is 1.88. The van der Waals surface area contributed by atoms with Gasteiger partial charge >= 0.3 is 5.97 Å². The minimum absolute atomic E-state index is 0.341. The van der Waals surface area contributed by atoms with Crippen molar-refractivity contribution in [3.05, 3.63) is 46.7 Å². The van der Waals surface area contributed by atoms with Crippen molar-refractivity contribution in [1.82, 2.24) is 9.78 Å². The second-order valence-corrected chi connectivity index (χ2v) is 5.25. The zero-order chi connectivity index (χ0) is 16.3. The lowest BCUT2D eigenvalue weighted by Crippen LogP contribution is -2.30. The molecule has 7 heteroatoms. The fraction of sp³-hybridized carbons (Fsp3) is 0.267. The van der Waals surface area contributed by atoms with Gasteiger partial charge in [-0.05, 0) is 38.1 Å². The van der Waals surface area contributed by atoms with Gasteiger partial charge in [0.15, 0.2) is 6.10 Å². The number of esters is 1. The lowest BCUT2D eigenvalue weighted by atomic mass is 10.2. The number of hydrogen-bond acceptors (Lipinski definition) is 4. The molecule has 6 nitrogen and oxygen atoms in total. The van der Waals surface area contributed by atoms with Gasteiger partial charge in [-0.2, -0.15) is 5.10 Å². The van der Waals surface area contributed by atoms with Gasteiger partial charge in [-0.25, -0.2) is 4.79 Å². The van der Waals surface area contributed by atoms with Crippen molar-refractivity contribution in [3.8, 4) is 0 Å². The molecule has 1 aromatic heterocycles. The first-order valence-electron chi connectivity index (χ1n) is 6.64. The summed E-state index contributed by atoms with van der Waals surface area (Å²) < 4.78 is 6.72. The largest absolute Gasteiger partial charge is 0.449 e. The Hall–Kier alpha value is -2.34. The number of ether oxygens (including phenoxy) is 1. The summed E-state index contributed by atoms with van der Waals surface area (Å²) in [5, 5.41) is 7.19. The molecule has 0 saturated carbocycles. The maximum absolute atomic E-state index is 12.0. The van der Waals surface area contributed by atoms with Crippen LogP contribution >= 0.6 is 11.6 Å². The number of benzene rings is 1. The number of anilines is 1. The molecule has 22 heavy (non-hydrogen) atoms. The molecule has 1 aromatic carbocycles. The number of aromatic nitrogens is 2. The number of carbonyl (C=O) groups is 2. The second-order valence-electron chi connectivity index (χ2n) is 4.81. The van der Waals surface area contributed by atoms with Crippen LogP contribution in [-0.4, -0.2) is 27.8 Å². The summed E-state index contributed by atoms with van der Waals surface area (Å²) in [6, 6.07) is 6.65. The van der Waals surface area contributed by atoms with E-state index in [4.69, 9.17) is 16.3 Å². The zero-order valence-corrected chi connectivity index (χ0v) is 13.2. The molecule has 0 aliphatic heterocycles. The van der Waals surface area contributed by atoms with Crippen LogP contribution in [0.5, 0.6) is 0 Å². The average molecular weight is 322 g/mol. The van der Waals surface area contributed by atoms with E-state index < -0.39 is 18.0 Å². The highest BCUT2D eigenvalue weighted by atomic mass is 35.5. The molecule has 1 amide bonds. The maximum Gasteiger partial charge on any atom is 0.342 e. The fourth-order valence-electron chi connectivity index (χ4n) is 1.75. The first-order chi connectivity index (χ1) is 10.4. The lowest BCUT2D eigenvalue weighted by Gasteiger charge is -2.13. The SMILES string of the molecule is Cc1c(C(=O)OC(C)C(=O)Nc2ccc(Cl)cc2)cnn1C. The number of carbonyl (C=O) groups excluding carboxylic acids is 2. The predicted molar refractivity (Wildman–Crippen MR) is 82.9 cm³/mol. The van der Waals surface area contributed by atoms with Gasteiger partial charge in [-0.1, -0.05) is 11.6 Å². The third-order valence-corrected chi connectivity index (χ3v) is 3.47. The highest BCUT2D eigenvalue weighted by Gasteiger charge is 2.21. The molecule has 1 atom stereocenters. The smallest absolute Gasteiger partial charge is 0.342 e. The summed E-state index contributed by atoms with van der Waals surface area (Å²) in [6.07, 6.45) is 0.490. The van der Waals surface area contributed by atoms with Gasteiger partial charge in [0.1, 0.15) is 5.56 Å². The first kappa shape index (κ1) is 16.0. The Morgan fingerprint density at radius 2 is 1.95 bits per heavy atom. The molecular weight excluding hydrogens is 306 g/mol. The quantitative estimate of drug-likeness (QED) is 0.878. The van der Waals surface area contributed by atoms with E-state index in [-0.39, 0.29) is 0 Å². The molecule has 1 heterocycles. The summed E-state index contributed by atoms with van der Waals surface area (Å²) in [5.41, 5.74) is 1.60. The Kier molecular flexibility index (Phi) is 4.82. The Balaban J connectivity index is 1.97. The third kappa shape index (κ3) is 3.65. The second kappa shape index (κ2) is 6.62. The number of nitrogens with zero attached hydrogens (tertiary/aromatic N) is 2. The number of aryl methyl sites for hydroxylation is 1. The predicted octanol–water partition coefficient (Wildman–Crippen LogP) is 2.57. The summed E-state index contributed by atoms with van der Waals surface area (Å²) in [4.78, 5) is 24.0. The molecule has 1 unspecified atom stereocenters. The first-order valence-corrected chi connectivity index (χ1v) is 7.02. The van der Waals surface area contributed by atoms with Crippen molar-refractivity contribution >= 4 is 29.2 Å². The van der Waals surface area contributed by atoms with Crippen LogP contribution < -0.4 is 5.32 Å². The van der Waals surface area contributed by atoms with Crippen LogP contribution in [0.15, 0.2) is 30.5 Å². The van der Waals surface area contributed by atoms with Crippen molar-refractivity contribution in [2.75, 3.05) is 5.32 Å². The number of amides is 1. The summed E-state index contributed by atoms with van der Waals surface area (Å²) >= 11 is 5.77. The molecule has 116 valence electrons. The molecule has 0 bridgehead atoms. The monoisotopic (exact) mass is 321 g/mol. The number of nitrogens with one attached hydrogen (secondary N) is 1. The normalized spacial score (nSPS) is 11.8. The van der Waals surface area contributed by atoms with E-state index >= 15 is 0 Å². The molecule has 0 radical (unpaired) electrons. The molecule has 0 aliphatic carbocycles. The summed E-state index contributed by atoms with van der Waals surface area (Å²) in [5.74, 6) is -0.999. The van der Waals surface area contributed by atoms with Crippen LogP contribution in [0.3, 0.4) is 0 Å². The van der Waals surface area contributed by atoms with E-state index in [9.17, 15) is 9.59 Å². The van der Waals surface area contributed by atoms with E-state index in [0.29, 0.717) is 22.0 Å². The molecule has 0 fully saturated rings. The minimum atomic E-state index is -0.928. The van der Waals surface area contributed by atoms with Crippen molar-refractivity contribution in [1.29, 1.82) is 0 Å². The third-order valence-electron chi connectivity index (χ3n) is 3.22. The van der Waals surface area contributed by atoms with Crippen LogP contribution in [0.2, 0.25) is 5.02 Å². The molecular formula is C15H16ClN3O3. The number of rotatable bonds is 4. The van der Waals surface area contributed by atoms with Crippen LogP contribution in [0.25, 0.3) is 0 Å². The average Bonchev–Trinajstić information content (AvgIpc) is 2.81. The number of hydrogen-bond donors (Lipinski definition) is 1. The van der Waals surface area contributed by atoms with Gasteiger partial charge in [-0.15, -0.1) is 0 Å². The van der Waals surface area contributed by atoms with E-state index in [2.05, 4.69) is 10.4 Å². The van der Waals surface area contributed by atoms with Crippen LogP contribution in [0, 0.1) is 6.92 Å². The Morgan fingerprint density at radius 1 is 1.32 bits per heavy atom. The topological polar surface area (TPSA) is 73.2 Å². The van der Waals surface area contributed by atoms with E-state index in [1.54, 1.807) is 42.9 Å². The number of halogens is 1. The van der Waals surface area contributed by atoms with Gasteiger partial charge in [0.25, 0.3) is 5.91 Å². The standard InChI is InChI=1S/C15H16ClN3O3/c1-9-13(8-17-19(9)3)15(21)22-10(2)14(20)18-12-6-4-11(16)5-7-12/h4-8,10H,1-3H3,(H,18,20). The van der Waals surface area contributed by atoms with Gasteiger partial charge < -0.3 is 10.1 Å².